The zero-order chi connectivity index (χ0) is 51.6. The zero-order valence-corrected chi connectivity index (χ0v) is 48.6. The van der Waals surface area contributed by atoms with Gasteiger partial charge in [-0.05, 0) is 206 Å². The Morgan fingerprint density at radius 1 is 0.493 bits per heavy atom. The number of halogens is 1. The quantitative estimate of drug-likeness (QED) is 0.153. The van der Waals surface area contributed by atoms with Crippen molar-refractivity contribution in [3.8, 4) is 11.1 Å². The summed E-state index contributed by atoms with van der Waals surface area (Å²) in [5.41, 5.74) is 27.3. The van der Waals surface area contributed by atoms with Crippen molar-refractivity contribution in [1.82, 2.24) is 0 Å². The minimum absolute atomic E-state index is 0.000429. The summed E-state index contributed by atoms with van der Waals surface area (Å²) in [5, 5.41) is 3.40. The van der Waals surface area contributed by atoms with Gasteiger partial charge in [0.25, 0.3) is 0 Å². The lowest BCUT2D eigenvalue weighted by Gasteiger charge is -2.48. The minimum atomic E-state index is -0.128. The molecule has 0 fully saturated rings. The average molecular weight is 1000 g/mol. The highest BCUT2D eigenvalue weighted by Crippen LogP contribution is 2.63. The van der Waals surface area contributed by atoms with Gasteiger partial charge in [0.05, 0.1) is 22.4 Å². The molecule has 0 amide bonds. The Morgan fingerprint density at radius 2 is 0.986 bits per heavy atom. The Labute approximate surface area is 445 Å². The molecule has 3 nitrogen and oxygen atoms in total. The Morgan fingerprint density at radius 3 is 1.59 bits per heavy atom. The Kier molecular flexibility index (Phi) is 8.98. The molecule has 73 heavy (non-hydrogen) atoms. The van der Waals surface area contributed by atoms with Crippen LogP contribution in [0.15, 0.2) is 59.0 Å². The molecule has 14 rings (SSSR count). The predicted octanol–water partition coefficient (Wildman–Crippen LogP) is 18.1. The lowest BCUT2D eigenvalue weighted by atomic mass is 9.38. The van der Waals surface area contributed by atoms with E-state index in [1.54, 1.807) is 0 Å². The maximum absolute atomic E-state index is 7.85. The van der Waals surface area contributed by atoms with E-state index in [1.807, 2.05) is 11.3 Å². The number of hydrogen-bond donors (Lipinski definition) is 0. The molecule has 4 aliphatic carbocycles. The van der Waals surface area contributed by atoms with Crippen LogP contribution in [0.3, 0.4) is 0 Å². The van der Waals surface area contributed by atoms with E-state index in [9.17, 15) is 0 Å². The number of fused-ring (bicyclic) bond motifs is 14. The van der Waals surface area contributed by atoms with E-state index in [4.69, 9.17) is 16.0 Å². The van der Waals surface area contributed by atoms with E-state index >= 15 is 0 Å². The molecule has 6 heteroatoms. The molecule has 0 saturated heterocycles. The van der Waals surface area contributed by atoms with Gasteiger partial charge in [-0.2, -0.15) is 0 Å². The van der Waals surface area contributed by atoms with Crippen molar-refractivity contribution in [1.29, 1.82) is 0 Å². The fourth-order valence-electron chi connectivity index (χ4n) is 16.3. The summed E-state index contributed by atoms with van der Waals surface area (Å²) >= 11 is 9.80. The summed E-state index contributed by atoms with van der Waals surface area (Å²) in [5.74, 6) is 0. The van der Waals surface area contributed by atoms with Crippen molar-refractivity contribution in [3.05, 3.63) is 110 Å². The molecule has 0 bridgehead atoms. The second-order valence-corrected chi connectivity index (χ2v) is 31.2. The third-order valence-electron chi connectivity index (χ3n) is 21.2. The maximum Gasteiger partial charge on any atom is 0.309 e. The summed E-state index contributed by atoms with van der Waals surface area (Å²) < 4.78 is 10.6. The second kappa shape index (κ2) is 13.9. The van der Waals surface area contributed by atoms with Crippen LogP contribution >= 0.6 is 22.9 Å². The summed E-state index contributed by atoms with van der Waals surface area (Å²) in [6, 6.07) is 22.7. The van der Waals surface area contributed by atoms with E-state index in [0.29, 0.717) is 0 Å². The summed E-state index contributed by atoms with van der Waals surface area (Å²) in [4.78, 5) is 5.35. The zero-order valence-electron chi connectivity index (χ0n) is 47.0. The monoisotopic (exact) mass is 1000 g/mol. The third-order valence-corrected chi connectivity index (χ3v) is 22.6. The van der Waals surface area contributed by atoms with E-state index in [1.165, 1.54) is 147 Å². The summed E-state index contributed by atoms with van der Waals surface area (Å²) in [7, 11) is 0. The maximum atomic E-state index is 7.85. The molecule has 0 spiro atoms. The second-order valence-electron chi connectivity index (χ2n) is 29.7. The first kappa shape index (κ1) is 47.0. The van der Waals surface area contributed by atoms with Crippen molar-refractivity contribution in [2.75, 3.05) is 9.80 Å². The molecule has 2 aromatic heterocycles. The van der Waals surface area contributed by atoms with Crippen LogP contribution in [0.5, 0.6) is 0 Å². The lowest BCUT2D eigenvalue weighted by molar-refractivity contribution is 0.330. The Balaban J connectivity index is 1.15. The molecule has 0 radical (unpaired) electrons. The van der Waals surface area contributed by atoms with Crippen LogP contribution in [0.25, 0.3) is 32.2 Å². The van der Waals surface area contributed by atoms with E-state index in [2.05, 4.69) is 182 Å². The van der Waals surface area contributed by atoms with Crippen molar-refractivity contribution in [2.45, 2.75) is 212 Å². The van der Waals surface area contributed by atoms with Crippen LogP contribution in [0.1, 0.15) is 212 Å². The van der Waals surface area contributed by atoms with Gasteiger partial charge < -0.3 is 14.2 Å². The third kappa shape index (κ3) is 5.97. The first-order valence-electron chi connectivity index (χ1n) is 28.0. The van der Waals surface area contributed by atoms with Gasteiger partial charge in [0.15, 0.2) is 0 Å². The summed E-state index contributed by atoms with van der Waals surface area (Å²) in [6.45, 7) is 42.0. The van der Waals surface area contributed by atoms with Crippen molar-refractivity contribution in [2.24, 2.45) is 0 Å². The number of thiophene rings is 1. The lowest BCUT2D eigenvalue weighted by Crippen LogP contribution is -2.60. The Bertz CT molecular complexity index is 3700. The topological polar surface area (TPSA) is 19.6 Å². The number of nitrogens with zero attached hydrogens (tertiary/aromatic N) is 2. The van der Waals surface area contributed by atoms with Gasteiger partial charge in [-0.25, -0.2) is 0 Å². The fraction of sp³-hybridized carbons (Fsp3) is 0.493. The van der Waals surface area contributed by atoms with Crippen molar-refractivity contribution in [3.63, 3.8) is 0 Å². The molecule has 7 aliphatic rings. The highest BCUT2D eigenvalue weighted by atomic mass is 35.5. The molecule has 5 heterocycles. The average Bonchev–Trinajstić information content (AvgIpc) is 3.88. The Hall–Kier alpha value is -4.45. The molecule has 0 unspecified atom stereocenters. The van der Waals surface area contributed by atoms with E-state index in [0.717, 1.165) is 41.9 Å². The smallest absolute Gasteiger partial charge is 0.309 e. The van der Waals surface area contributed by atoms with Crippen LogP contribution < -0.4 is 25.7 Å². The number of furan rings is 1. The molecule has 376 valence electrons. The standard InChI is InChI=1S/C67H76BClN2OS/c1-35-45(19-18-39-53(35)66(14,15)26-24-60(39,2)3)70-47-28-36(69)29-48-55(47)68(59-56(70)38-31-41-43(34-50(38)73-59)64(10,11)23-21-62(41,6)7)58-57-52-49(72-58)33-44-54(67(16,17)27-25-65(44,12)13)51(52)37-30-40-42(32-46(37)71(48)57)63(8,9)22-20-61(40,4)5/h18-19,28-34H,20-27H2,1-17H3. The van der Waals surface area contributed by atoms with Crippen LogP contribution in [0.2, 0.25) is 5.02 Å². The molecular weight excluding hydrogens is 927 g/mol. The van der Waals surface area contributed by atoms with Crippen LogP contribution in [0.4, 0.5) is 34.1 Å². The van der Waals surface area contributed by atoms with Gasteiger partial charge in [-0.15, -0.1) is 11.3 Å². The molecule has 0 N–H and O–H groups in total. The fourth-order valence-corrected chi connectivity index (χ4v) is 17.8. The number of anilines is 6. The molecule has 0 saturated carbocycles. The number of rotatable bonds is 1. The highest BCUT2D eigenvalue weighted by Gasteiger charge is 2.54. The van der Waals surface area contributed by atoms with Crippen LogP contribution in [-0.4, -0.2) is 6.71 Å². The number of hydrogen-bond acceptors (Lipinski definition) is 4. The largest absolute Gasteiger partial charge is 0.468 e. The number of benzene rings is 5. The van der Waals surface area contributed by atoms with Crippen LogP contribution in [-0.2, 0) is 43.3 Å². The van der Waals surface area contributed by atoms with Crippen molar-refractivity contribution >= 4 is 101 Å². The molecule has 7 aromatic rings. The van der Waals surface area contributed by atoms with Crippen LogP contribution in [0, 0.1) is 6.92 Å². The first-order chi connectivity index (χ1) is 34.0. The van der Waals surface area contributed by atoms with Gasteiger partial charge in [-0.1, -0.05) is 128 Å². The first-order valence-corrected chi connectivity index (χ1v) is 29.2. The minimum Gasteiger partial charge on any atom is -0.468 e. The highest BCUT2D eigenvalue weighted by molar-refractivity contribution is 7.33. The molecule has 0 atom stereocenters. The molecular formula is C67H76BClN2OS. The van der Waals surface area contributed by atoms with Gasteiger partial charge in [0.2, 0.25) is 0 Å². The van der Waals surface area contributed by atoms with E-state index < -0.39 is 0 Å². The molecule has 5 aromatic carbocycles. The van der Waals surface area contributed by atoms with Gasteiger partial charge in [0, 0.05) is 48.1 Å². The van der Waals surface area contributed by atoms with Crippen molar-refractivity contribution < 1.29 is 4.42 Å². The van der Waals surface area contributed by atoms with Gasteiger partial charge >= 0.3 is 6.71 Å². The SMILES string of the molecule is Cc1c(N2c3cc(Cl)cc4c3B(c3oc5cc6c(c7c5c3N4c3cc4c(cc3-7)C(C)(C)CCC4(C)C)C(C)(C)CCC6(C)C)c3sc4cc5c(cc4c32)C(C)(C)CCC5(C)C)ccc2c1C(C)(C)CCC2(C)C. The van der Waals surface area contributed by atoms with Gasteiger partial charge in [-0.3, -0.25) is 0 Å². The van der Waals surface area contributed by atoms with E-state index in [-0.39, 0.29) is 50.0 Å². The summed E-state index contributed by atoms with van der Waals surface area (Å²) in [6.07, 6.45) is 9.32. The molecule has 3 aliphatic heterocycles. The normalized spacial score (nSPS) is 22.7. The predicted molar refractivity (Wildman–Crippen MR) is 316 cm³/mol. The van der Waals surface area contributed by atoms with Gasteiger partial charge in [0.1, 0.15) is 11.2 Å².